The molecule has 118 valence electrons. The second-order valence-corrected chi connectivity index (χ2v) is 6.12. The highest BCUT2D eigenvalue weighted by Gasteiger charge is 2.16. The molecule has 1 fully saturated rings. The number of anilines is 1. The van der Waals surface area contributed by atoms with Crippen LogP contribution in [-0.4, -0.2) is 25.2 Å². The van der Waals surface area contributed by atoms with Crippen LogP contribution in [0.3, 0.4) is 0 Å². The fraction of sp³-hybridized carbons (Fsp3) is 0.294. The number of amides is 1. The first-order valence-electron chi connectivity index (χ1n) is 7.39. The molecule has 1 aromatic heterocycles. The summed E-state index contributed by atoms with van der Waals surface area (Å²) in [5.74, 6) is 0.473. The summed E-state index contributed by atoms with van der Waals surface area (Å²) in [6, 6.07) is 10.7. The van der Waals surface area contributed by atoms with Gasteiger partial charge in [-0.3, -0.25) is 4.79 Å². The van der Waals surface area contributed by atoms with Gasteiger partial charge in [0, 0.05) is 12.2 Å². The summed E-state index contributed by atoms with van der Waals surface area (Å²) in [6.07, 6.45) is 2.28. The third-order valence-corrected chi connectivity index (χ3v) is 4.42. The van der Waals surface area contributed by atoms with Gasteiger partial charge in [0.15, 0.2) is 0 Å². The van der Waals surface area contributed by atoms with Crippen LogP contribution in [0.15, 0.2) is 35.7 Å². The van der Waals surface area contributed by atoms with E-state index in [1.165, 1.54) is 11.3 Å². The summed E-state index contributed by atoms with van der Waals surface area (Å²) in [5, 5.41) is 14.0. The van der Waals surface area contributed by atoms with Gasteiger partial charge in [0.1, 0.15) is 23.4 Å². The van der Waals surface area contributed by atoms with Crippen molar-refractivity contribution in [2.45, 2.75) is 18.9 Å². The minimum atomic E-state index is -0.241. The van der Waals surface area contributed by atoms with E-state index in [0.717, 1.165) is 19.4 Å². The van der Waals surface area contributed by atoms with Gasteiger partial charge in [0.25, 0.3) is 5.91 Å². The summed E-state index contributed by atoms with van der Waals surface area (Å²) in [4.78, 5) is 12.2. The Labute approximate surface area is 138 Å². The Bertz CT molecular complexity index is 712. The number of benzene rings is 1. The number of nitriles is 1. The van der Waals surface area contributed by atoms with Crippen molar-refractivity contribution in [3.05, 3.63) is 46.8 Å². The first kappa shape index (κ1) is 15.5. The van der Waals surface area contributed by atoms with E-state index in [-0.39, 0.29) is 12.0 Å². The number of hydrogen-bond acceptors (Lipinski definition) is 5. The Morgan fingerprint density at radius 1 is 1.39 bits per heavy atom. The van der Waals surface area contributed by atoms with E-state index in [0.29, 0.717) is 28.5 Å². The topological polar surface area (TPSA) is 71.4 Å². The van der Waals surface area contributed by atoms with Gasteiger partial charge in [-0.1, -0.05) is 0 Å². The van der Waals surface area contributed by atoms with Crippen molar-refractivity contribution in [1.82, 2.24) is 0 Å². The highest BCUT2D eigenvalue weighted by Crippen LogP contribution is 2.23. The van der Waals surface area contributed by atoms with Crippen molar-refractivity contribution in [3.8, 4) is 11.8 Å². The largest absolute Gasteiger partial charge is 0.491 e. The minimum absolute atomic E-state index is 0.168. The molecule has 2 aromatic rings. The quantitative estimate of drug-likeness (QED) is 0.913. The second-order valence-electron chi connectivity index (χ2n) is 5.20. The summed E-state index contributed by atoms with van der Waals surface area (Å²) >= 11 is 1.33. The van der Waals surface area contributed by atoms with Gasteiger partial charge in [-0.15, -0.1) is 11.3 Å². The zero-order valence-electron chi connectivity index (χ0n) is 12.5. The van der Waals surface area contributed by atoms with Crippen LogP contribution in [0.25, 0.3) is 0 Å². The Balaban J connectivity index is 1.58. The highest BCUT2D eigenvalue weighted by atomic mass is 32.1. The molecule has 2 heterocycles. The smallest absolute Gasteiger partial charge is 0.256 e. The van der Waals surface area contributed by atoms with E-state index in [9.17, 15) is 4.79 Å². The van der Waals surface area contributed by atoms with Gasteiger partial charge in [-0.25, -0.2) is 0 Å². The first-order chi connectivity index (χ1) is 11.3. The van der Waals surface area contributed by atoms with E-state index in [1.54, 1.807) is 35.7 Å². The fourth-order valence-electron chi connectivity index (χ4n) is 2.34. The van der Waals surface area contributed by atoms with Crippen molar-refractivity contribution in [2.75, 3.05) is 18.5 Å². The molecule has 0 bridgehead atoms. The summed E-state index contributed by atoms with van der Waals surface area (Å²) in [7, 11) is 0. The van der Waals surface area contributed by atoms with Crippen LogP contribution in [0.2, 0.25) is 0 Å². The Morgan fingerprint density at radius 2 is 2.22 bits per heavy atom. The summed E-state index contributed by atoms with van der Waals surface area (Å²) in [5.41, 5.74) is 0.992. The van der Waals surface area contributed by atoms with Crippen LogP contribution in [0.5, 0.6) is 5.75 Å². The van der Waals surface area contributed by atoms with E-state index >= 15 is 0 Å². The number of ether oxygens (including phenoxy) is 2. The van der Waals surface area contributed by atoms with Gasteiger partial charge in [-0.05, 0) is 48.6 Å². The molecule has 1 aliphatic rings. The fourth-order valence-corrected chi connectivity index (χ4v) is 3.07. The van der Waals surface area contributed by atoms with Crippen molar-refractivity contribution in [1.29, 1.82) is 5.26 Å². The molecule has 0 unspecified atom stereocenters. The maximum atomic E-state index is 12.2. The molecule has 1 saturated heterocycles. The van der Waals surface area contributed by atoms with Crippen LogP contribution in [0.1, 0.15) is 28.8 Å². The predicted octanol–water partition coefficient (Wildman–Crippen LogP) is 3.43. The maximum Gasteiger partial charge on any atom is 0.256 e. The number of hydrogen-bond donors (Lipinski definition) is 1. The lowest BCUT2D eigenvalue weighted by atomic mass is 10.2. The molecule has 1 aliphatic heterocycles. The summed E-state index contributed by atoms with van der Waals surface area (Å²) < 4.78 is 11.2. The average molecular weight is 328 g/mol. The van der Waals surface area contributed by atoms with Crippen molar-refractivity contribution < 1.29 is 14.3 Å². The molecular weight excluding hydrogens is 312 g/mol. The molecule has 1 N–H and O–H groups in total. The lowest BCUT2D eigenvalue weighted by Crippen LogP contribution is -2.16. The predicted molar refractivity (Wildman–Crippen MR) is 87.9 cm³/mol. The molecule has 0 radical (unpaired) electrons. The lowest BCUT2D eigenvalue weighted by Gasteiger charge is -2.11. The zero-order chi connectivity index (χ0) is 16.1. The SMILES string of the molecule is N#Cc1ccsc1NC(=O)c1ccc(OC[C@@H]2CCCO2)cc1. The molecule has 1 aromatic carbocycles. The average Bonchev–Trinajstić information content (AvgIpc) is 3.24. The van der Waals surface area contributed by atoms with Crippen LogP contribution in [-0.2, 0) is 4.74 Å². The van der Waals surface area contributed by atoms with E-state index < -0.39 is 0 Å². The van der Waals surface area contributed by atoms with Gasteiger partial charge < -0.3 is 14.8 Å². The molecule has 0 spiro atoms. The minimum Gasteiger partial charge on any atom is -0.491 e. The zero-order valence-corrected chi connectivity index (χ0v) is 13.3. The normalized spacial score (nSPS) is 16.7. The van der Waals surface area contributed by atoms with Crippen LogP contribution in [0, 0.1) is 11.3 Å². The number of nitrogens with one attached hydrogen (secondary N) is 1. The van der Waals surface area contributed by atoms with Gasteiger partial charge in [-0.2, -0.15) is 5.26 Å². The number of nitrogens with zero attached hydrogens (tertiary/aromatic N) is 1. The van der Waals surface area contributed by atoms with E-state index in [2.05, 4.69) is 5.32 Å². The number of thiophene rings is 1. The van der Waals surface area contributed by atoms with Crippen molar-refractivity contribution in [3.63, 3.8) is 0 Å². The summed E-state index contributed by atoms with van der Waals surface area (Å²) in [6.45, 7) is 1.34. The molecule has 5 nitrogen and oxygen atoms in total. The molecule has 6 heteroatoms. The molecule has 23 heavy (non-hydrogen) atoms. The Morgan fingerprint density at radius 3 is 2.91 bits per heavy atom. The first-order valence-corrected chi connectivity index (χ1v) is 8.27. The number of carbonyl (C=O) groups is 1. The van der Waals surface area contributed by atoms with Crippen LogP contribution in [0.4, 0.5) is 5.00 Å². The van der Waals surface area contributed by atoms with Crippen molar-refractivity contribution >= 4 is 22.2 Å². The number of rotatable bonds is 5. The van der Waals surface area contributed by atoms with Crippen LogP contribution < -0.4 is 10.1 Å². The van der Waals surface area contributed by atoms with Gasteiger partial charge >= 0.3 is 0 Å². The van der Waals surface area contributed by atoms with Gasteiger partial charge in [0.2, 0.25) is 0 Å². The third kappa shape index (κ3) is 3.89. The maximum absolute atomic E-state index is 12.2. The molecule has 0 aliphatic carbocycles. The third-order valence-electron chi connectivity index (χ3n) is 3.59. The second kappa shape index (κ2) is 7.27. The Hall–Kier alpha value is -2.36. The molecule has 1 atom stereocenters. The van der Waals surface area contributed by atoms with E-state index in [4.69, 9.17) is 14.7 Å². The van der Waals surface area contributed by atoms with Crippen LogP contribution >= 0.6 is 11.3 Å². The lowest BCUT2D eigenvalue weighted by molar-refractivity contribution is 0.0679. The molecule has 1 amide bonds. The Kier molecular flexibility index (Phi) is 4.91. The van der Waals surface area contributed by atoms with E-state index in [1.807, 2.05) is 6.07 Å². The molecular formula is C17H16N2O3S. The van der Waals surface area contributed by atoms with Crippen molar-refractivity contribution in [2.24, 2.45) is 0 Å². The monoisotopic (exact) mass is 328 g/mol. The highest BCUT2D eigenvalue weighted by molar-refractivity contribution is 7.14. The molecule has 0 saturated carbocycles. The number of carbonyl (C=O) groups excluding carboxylic acids is 1. The standard InChI is InChI=1S/C17H16N2O3S/c18-10-13-7-9-23-17(13)19-16(20)12-3-5-14(6-4-12)22-11-15-2-1-8-21-15/h3-7,9,15H,1-2,8,11H2,(H,19,20)/t15-/m0/s1. The van der Waals surface area contributed by atoms with Gasteiger partial charge in [0.05, 0.1) is 11.7 Å². The molecule has 3 rings (SSSR count).